The maximum atomic E-state index is 6.01. The smallest absolute Gasteiger partial charge is 0.145 e. The van der Waals surface area contributed by atoms with Gasteiger partial charge in [0.05, 0.1) is 19.8 Å². The molecular formula is C15H20N4O2. The first kappa shape index (κ1) is 14.0. The van der Waals surface area contributed by atoms with E-state index in [1.54, 1.807) is 11.0 Å². The molecule has 1 aromatic heterocycles. The molecule has 3 rings (SSSR count). The van der Waals surface area contributed by atoms with Crippen molar-refractivity contribution in [2.24, 2.45) is 5.41 Å². The Morgan fingerprint density at radius 2 is 2.19 bits per heavy atom. The standard InChI is InChI=1S/C15H20N4O2/c1-11(2)12-4-5-14(21-9-15(3)7-20-8-15)13(6-12)19-10-16-17-18-19/h4-6,10-11H,7-9H2,1-3H3. The van der Waals surface area contributed by atoms with E-state index >= 15 is 0 Å². The zero-order chi connectivity index (χ0) is 14.9. The van der Waals surface area contributed by atoms with Gasteiger partial charge in [-0.2, -0.15) is 4.68 Å². The molecule has 2 aromatic rings. The van der Waals surface area contributed by atoms with Gasteiger partial charge in [-0.05, 0) is 34.0 Å². The number of hydrogen-bond donors (Lipinski definition) is 0. The minimum Gasteiger partial charge on any atom is -0.491 e. The van der Waals surface area contributed by atoms with Crippen LogP contribution in [0.3, 0.4) is 0 Å². The topological polar surface area (TPSA) is 62.1 Å². The number of benzene rings is 1. The molecule has 0 radical (unpaired) electrons. The van der Waals surface area contributed by atoms with E-state index in [-0.39, 0.29) is 5.41 Å². The highest BCUT2D eigenvalue weighted by molar-refractivity contribution is 5.49. The van der Waals surface area contributed by atoms with Gasteiger partial charge in [-0.3, -0.25) is 0 Å². The van der Waals surface area contributed by atoms with Crippen LogP contribution in [0.5, 0.6) is 5.75 Å². The van der Waals surface area contributed by atoms with Crippen LogP contribution in [0.2, 0.25) is 0 Å². The summed E-state index contributed by atoms with van der Waals surface area (Å²) < 4.78 is 12.9. The molecule has 0 spiro atoms. The number of nitrogens with zero attached hydrogens (tertiary/aromatic N) is 4. The van der Waals surface area contributed by atoms with Gasteiger partial charge in [0.1, 0.15) is 17.8 Å². The van der Waals surface area contributed by atoms with Crippen molar-refractivity contribution < 1.29 is 9.47 Å². The zero-order valence-corrected chi connectivity index (χ0v) is 12.6. The van der Waals surface area contributed by atoms with Crippen LogP contribution in [0.1, 0.15) is 32.3 Å². The molecule has 1 aliphatic heterocycles. The van der Waals surface area contributed by atoms with Crippen molar-refractivity contribution in [1.82, 2.24) is 20.2 Å². The minimum atomic E-state index is 0.106. The van der Waals surface area contributed by atoms with Crippen LogP contribution in [0, 0.1) is 5.41 Å². The van der Waals surface area contributed by atoms with Crippen molar-refractivity contribution in [1.29, 1.82) is 0 Å². The average Bonchev–Trinajstić information content (AvgIpc) is 2.96. The van der Waals surface area contributed by atoms with Crippen LogP contribution in [0.4, 0.5) is 0 Å². The summed E-state index contributed by atoms with van der Waals surface area (Å²) in [6.45, 7) is 8.60. The normalized spacial score (nSPS) is 16.8. The van der Waals surface area contributed by atoms with Crippen LogP contribution in [0.15, 0.2) is 24.5 Å². The fraction of sp³-hybridized carbons (Fsp3) is 0.533. The fourth-order valence-electron chi connectivity index (χ4n) is 2.25. The monoisotopic (exact) mass is 288 g/mol. The van der Waals surface area contributed by atoms with Gasteiger partial charge < -0.3 is 9.47 Å². The summed E-state index contributed by atoms with van der Waals surface area (Å²) in [4.78, 5) is 0. The third-order valence-corrected chi connectivity index (χ3v) is 3.72. The molecule has 0 atom stereocenters. The molecule has 0 bridgehead atoms. The summed E-state index contributed by atoms with van der Waals surface area (Å²) >= 11 is 0. The van der Waals surface area contributed by atoms with Crippen molar-refractivity contribution in [2.75, 3.05) is 19.8 Å². The number of hydrogen-bond acceptors (Lipinski definition) is 5. The predicted molar refractivity (Wildman–Crippen MR) is 77.7 cm³/mol. The summed E-state index contributed by atoms with van der Waals surface area (Å²) in [6.07, 6.45) is 1.58. The van der Waals surface area contributed by atoms with Crippen LogP contribution < -0.4 is 4.74 Å². The van der Waals surface area contributed by atoms with Gasteiger partial charge in [-0.15, -0.1) is 5.10 Å². The summed E-state index contributed by atoms with van der Waals surface area (Å²) in [5, 5.41) is 11.4. The molecule has 0 unspecified atom stereocenters. The quantitative estimate of drug-likeness (QED) is 0.844. The van der Waals surface area contributed by atoms with Crippen LogP contribution >= 0.6 is 0 Å². The molecule has 1 aromatic carbocycles. The van der Waals surface area contributed by atoms with Gasteiger partial charge in [0, 0.05) is 5.41 Å². The molecule has 6 heteroatoms. The molecule has 1 aliphatic rings. The lowest BCUT2D eigenvalue weighted by Crippen LogP contribution is -2.44. The summed E-state index contributed by atoms with van der Waals surface area (Å²) in [5.74, 6) is 1.23. The van der Waals surface area contributed by atoms with Crippen molar-refractivity contribution in [3.8, 4) is 11.4 Å². The van der Waals surface area contributed by atoms with E-state index in [0.29, 0.717) is 12.5 Å². The molecule has 21 heavy (non-hydrogen) atoms. The second-order valence-electron chi connectivity index (χ2n) is 6.23. The first-order chi connectivity index (χ1) is 10.1. The van der Waals surface area contributed by atoms with Crippen molar-refractivity contribution in [3.05, 3.63) is 30.1 Å². The Bertz CT molecular complexity index is 606. The van der Waals surface area contributed by atoms with E-state index in [2.05, 4.69) is 48.4 Å². The van der Waals surface area contributed by atoms with Crippen LogP contribution in [0.25, 0.3) is 5.69 Å². The van der Waals surface area contributed by atoms with Crippen LogP contribution in [-0.2, 0) is 4.74 Å². The van der Waals surface area contributed by atoms with Crippen molar-refractivity contribution >= 4 is 0 Å². The van der Waals surface area contributed by atoms with Gasteiger partial charge in [0.15, 0.2) is 0 Å². The fourth-order valence-corrected chi connectivity index (χ4v) is 2.25. The Balaban J connectivity index is 1.88. The summed E-state index contributed by atoms with van der Waals surface area (Å²) in [6, 6.07) is 6.17. The number of ether oxygens (including phenoxy) is 2. The molecule has 1 fully saturated rings. The first-order valence-electron chi connectivity index (χ1n) is 7.15. The Morgan fingerprint density at radius 1 is 1.38 bits per heavy atom. The third kappa shape index (κ3) is 2.90. The zero-order valence-electron chi connectivity index (χ0n) is 12.6. The van der Waals surface area contributed by atoms with E-state index in [1.165, 1.54) is 5.56 Å². The lowest BCUT2D eigenvalue weighted by atomic mass is 9.90. The van der Waals surface area contributed by atoms with Gasteiger partial charge in [-0.1, -0.05) is 26.8 Å². The molecular weight excluding hydrogens is 268 g/mol. The second kappa shape index (κ2) is 5.44. The average molecular weight is 288 g/mol. The van der Waals surface area contributed by atoms with Gasteiger partial charge in [0.25, 0.3) is 0 Å². The van der Waals surface area contributed by atoms with Gasteiger partial charge in [0.2, 0.25) is 0 Å². The first-order valence-corrected chi connectivity index (χ1v) is 7.15. The van der Waals surface area contributed by atoms with E-state index < -0.39 is 0 Å². The van der Waals surface area contributed by atoms with Crippen molar-refractivity contribution in [2.45, 2.75) is 26.7 Å². The summed E-state index contributed by atoms with van der Waals surface area (Å²) in [5.41, 5.74) is 2.20. The molecule has 0 amide bonds. The SMILES string of the molecule is CC(C)c1ccc(OCC2(C)COC2)c(-n2cnnn2)c1. The highest BCUT2D eigenvalue weighted by Crippen LogP contribution is 2.31. The number of tetrazole rings is 1. The maximum absolute atomic E-state index is 6.01. The predicted octanol–water partition coefficient (Wildman–Crippen LogP) is 2.20. The van der Waals surface area contributed by atoms with Gasteiger partial charge >= 0.3 is 0 Å². The number of aromatic nitrogens is 4. The van der Waals surface area contributed by atoms with E-state index in [9.17, 15) is 0 Å². The van der Waals surface area contributed by atoms with Gasteiger partial charge in [-0.25, -0.2) is 0 Å². The molecule has 112 valence electrons. The highest BCUT2D eigenvalue weighted by atomic mass is 16.5. The molecule has 1 saturated heterocycles. The number of rotatable bonds is 5. The molecule has 0 saturated carbocycles. The summed E-state index contributed by atoms with van der Waals surface area (Å²) in [7, 11) is 0. The molecule has 2 heterocycles. The minimum absolute atomic E-state index is 0.106. The molecule has 0 aliphatic carbocycles. The Labute approximate surface area is 124 Å². The maximum Gasteiger partial charge on any atom is 0.145 e. The van der Waals surface area contributed by atoms with Crippen LogP contribution in [-0.4, -0.2) is 40.0 Å². The Morgan fingerprint density at radius 3 is 2.76 bits per heavy atom. The third-order valence-electron chi connectivity index (χ3n) is 3.72. The van der Waals surface area contributed by atoms with E-state index in [4.69, 9.17) is 9.47 Å². The van der Waals surface area contributed by atoms with E-state index in [0.717, 1.165) is 24.7 Å². The van der Waals surface area contributed by atoms with Crippen molar-refractivity contribution in [3.63, 3.8) is 0 Å². The van der Waals surface area contributed by atoms with E-state index in [1.807, 2.05) is 6.07 Å². The molecule has 0 N–H and O–H groups in total. The molecule has 6 nitrogen and oxygen atoms in total. The second-order valence-corrected chi connectivity index (χ2v) is 6.23. The largest absolute Gasteiger partial charge is 0.491 e. The highest BCUT2D eigenvalue weighted by Gasteiger charge is 2.34. The lowest BCUT2D eigenvalue weighted by molar-refractivity contribution is -0.120. The lowest BCUT2D eigenvalue weighted by Gasteiger charge is -2.37. The Hall–Kier alpha value is -1.95. The Kier molecular flexibility index (Phi) is 3.63.